The fourth-order valence-electron chi connectivity index (χ4n) is 4.46. The molecule has 0 aliphatic heterocycles. The van der Waals surface area contributed by atoms with Crippen LogP contribution in [0.5, 0.6) is 5.75 Å². The van der Waals surface area contributed by atoms with Crippen LogP contribution in [0, 0.1) is 17.6 Å². The molecule has 0 bridgehead atoms. The lowest BCUT2D eigenvalue weighted by molar-refractivity contribution is 0.314. The first-order valence-electron chi connectivity index (χ1n) is 11.5. The Bertz CT molecular complexity index is 1060. The third-order valence-corrected chi connectivity index (χ3v) is 6.47. The zero-order valence-electron chi connectivity index (χ0n) is 18.8. The molecule has 166 valence electrons. The summed E-state index contributed by atoms with van der Waals surface area (Å²) in [7, 11) is 0. The summed E-state index contributed by atoms with van der Waals surface area (Å²) < 4.78 is 33.4. The van der Waals surface area contributed by atoms with Crippen molar-refractivity contribution in [1.82, 2.24) is 0 Å². The average molecular weight is 433 g/mol. The van der Waals surface area contributed by atoms with Gasteiger partial charge in [0.2, 0.25) is 5.82 Å². The van der Waals surface area contributed by atoms with Gasteiger partial charge in [-0.25, -0.2) is 4.39 Å². The minimum atomic E-state index is -0.949. The van der Waals surface area contributed by atoms with Crippen molar-refractivity contribution in [2.75, 3.05) is 6.61 Å². The van der Waals surface area contributed by atoms with Gasteiger partial charge in [-0.3, -0.25) is 0 Å². The average Bonchev–Trinajstić information content (AvgIpc) is 2.83. The topological polar surface area (TPSA) is 9.23 Å². The molecule has 1 nitrogen and oxygen atoms in total. The van der Waals surface area contributed by atoms with E-state index >= 15 is 0 Å². The van der Waals surface area contributed by atoms with Gasteiger partial charge in [0.25, 0.3) is 0 Å². The van der Waals surface area contributed by atoms with E-state index < -0.39 is 11.6 Å². The molecule has 1 fully saturated rings. The zero-order valence-corrected chi connectivity index (χ0v) is 18.8. The highest BCUT2D eigenvalue weighted by molar-refractivity contribution is 5.72. The predicted molar refractivity (Wildman–Crippen MR) is 129 cm³/mol. The van der Waals surface area contributed by atoms with Gasteiger partial charge in [0, 0.05) is 5.56 Å². The summed E-state index contributed by atoms with van der Waals surface area (Å²) in [5.74, 6) is -0.342. The van der Waals surface area contributed by atoms with Crippen LogP contribution in [0.3, 0.4) is 0 Å². The zero-order chi connectivity index (χ0) is 22.5. The predicted octanol–water partition coefficient (Wildman–Crippen LogP) is 8.49. The molecule has 32 heavy (non-hydrogen) atoms. The number of hydrogen-bond donors (Lipinski definition) is 0. The Hall–Kier alpha value is -2.94. The fourth-order valence-corrected chi connectivity index (χ4v) is 4.46. The summed E-state index contributed by atoms with van der Waals surface area (Å²) in [4.78, 5) is 0. The molecule has 0 spiro atoms. The normalized spacial score (nSPS) is 18.8. The molecule has 0 saturated heterocycles. The Morgan fingerprint density at radius 3 is 2.03 bits per heavy atom. The molecule has 1 aliphatic carbocycles. The van der Waals surface area contributed by atoms with Gasteiger partial charge in [0.05, 0.1) is 6.61 Å². The number of ether oxygens (including phenoxy) is 1. The standard InChI is InChI=1S/C29H30F2O/c1-3-32-27-19-18-26(28(30)29(27)31)13-8-21-6-11-23(12-7-21)25-16-14-24(15-17-25)22-9-4-20(2)5-10-22/h6-8,11-20,22H,3-5,9-10H2,1-2H3/b13-8+. The van der Waals surface area contributed by atoms with Crippen molar-refractivity contribution in [1.29, 1.82) is 0 Å². The quantitative estimate of drug-likeness (QED) is 0.355. The van der Waals surface area contributed by atoms with Gasteiger partial charge in [-0.15, -0.1) is 0 Å². The van der Waals surface area contributed by atoms with E-state index in [0.29, 0.717) is 12.5 Å². The minimum Gasteiger partial charge on any atom is -0.491 e. The van der Waals surface area contributed by atoms with Crippen LogP contribution in [0.15, 0.2) is 60.7 Å². The summed E-state index contributed by atoms with van der Waals surface area (Å²) in [6, 6.07) is 20.0. The van der Waals surface area contributed by atoms with E-state index in [9.17, 15) is 8.78 Å². The molecule has 0 radical (unpaired) electrons. The van der Waals surface area contributed by atoms with E-state index in [0.717, 1.165) is 17.0 Å². The third kappa shape index (κ3) is 5.09. The molecule has 1 aliphatic rings. The SMILES string of the molecule is CCOc1ccc(/C=C/c2ccc(-c3ccc(C4CCC(C)CC4)cc3)cc2)c(F)c1F. The summed E-state index contributed by atoms with van der Waals surface area (Å²) >= 11 is 0. The molecule has 0 unspecified atom stereocenters. The highest BCUT2D eigenvalue weighted by Crippen LogP contribution is 2.36. The van der Waals surface area contributed by atoms with E-state index in [2.05, 4.69) is 43.3 Å². The first-order chi connectivity index (χ1) is 15.5. The summed E-state index contributed by atoms with van der Waals surface area (Å²) in [5.41, 5.74) is 4.90. The van der Waals surface area contributed by atoms with E-state index in [1.807, 2.05) is 12.1 Å². The maximum atomic E-state index is 14.3. The van der Waals surface area contributed by atoms with Crippen LogP contribution >= 0.6 is 0 Å². The molecule has 0 atom stereocenters. The van der Waals surface area contributed by atoms with Gasteiger partial charge in [0.15, 0.2) is 11.6 Å². The Labute approximate surface area is 189 Å². The van der Waals surface area contributed by atoms with E-state index in [1.165, 1.54) is 48.9 Å². The Kier molecular flexibility index (Phi) is 7.04. The highest BCUT2D eigenvalue weighted by Gasteiger charge is 2.19. The minimum absolute atomic E-state index is 0.0597. The second-order valence-electron chi connectivity index (χ2n) is 8.75. The van der Waals surface area contributed by atoms with Crippen LogP contribution in [0.2, 0.25) is 0 Å². The van der Waals surface area contributed by atoms with Crippen LogP contribution in [0.4, 0.5) is 8.78 Å². The monoisotopic (exact) mass is 432 g/mol. The first kappa shape index (κ1) is 22.3. The smallest absolute Gasteiger partial charge is 0.201 e. The summed E-state index contributed by atoms with van der Waals surface area (Å²) in [5, 5.41) is 0. The van der Waals surface area contributed by atoms with Crippen LogP contribution in [0.25, 0.3) is 23.3 Å². The lowest BCUT2D eigenvalue weighted by atomic mass is 9.79. The van der Waals surface area contributed by atoms with Crippen LogP contribution in [-0.4, -0.2) is 6.61 Å². The largest absolute Gasteiger partial charge is 0.491 e. The van der Waals surface area contributed by atoms with Gasteiger partial charge in [-0.1, -0.05) is 80.4 Å². The Morgan fingerprint density at radius 1 is 0.781 bits per heavy atom. The maximum absolute atomic E-state index is 14.3. The van der Waals surface area contributed by atoms with Crippen LogP contribution < -0.4 is 4.74 Å². The van der Waals surface area contributed by atoms with Gasteiger partial charge in [-0.05, 0) is 66.0 Å². The molecule has 3 aromatic rings. The van der Waals surface area contributed by atoms with Gasteiger partial charge in [-0.2, -0.15) is 4.39 Å². The number of rotatable bonds is 6. The van der Waals surface area contributed by atoms with Crippen LogP contribution in [-0.2, 0) is 0 Å². The second-order valence-corrected chi connectivity index (χ2v) is 8.75. The Balaban J connectivity index is 1.44. The van der Waals surface area contributed by atoms with Crippen molar-refractivity contribution in [3.8, 4) is 16.9 Å². The number of halogens is 2. The van der Waals surface area contributed by atoms with Gasteiger partial charge >= 0.3 is 0 Å². The lowest BCUT2D eigenvalue weighted by Gasteiger charge is -2.26. The second kappa shape index (κ2) is 10.1. The van der Waals surface area contributed by atoms with Gasteiger partial charge in [0.1, 0.15) is 0 Å². The third-order valence-electron chi connectivity index (χ3n) is 6.47. The molecule has 4 rings (SSSR count). The van der Waals surface area contributed by atoms with Crippen LogP contribution in [0.1, 0.15) is 62.1 Å². The van der Waals surface area contributed by atoms with Crippen molar-refractivity contribution in [2.45, 2.75) is 45.4 Å². The van der Waals surface area contributed by atoms with Crippen molar-refractivity contribution in [3.05, 3.63) is 89.0 Å². The molecule has 0 aromatic heterocycles. The maximum Gasteiger partial charge on any atom is 0.201 e. The Morgan fingerprint density at radius 2 is 1.41 bits per heavy atom. The van der Waals surface area contributed by atoms with E-state index in [4.69, 9.17) is 4.74 Å². The molecule has 1 saturated carbocycles. The highest BCUT2D eigenvalue weighted by atomic mass is 19.2. The number of hydrogen-bond acceptors (Lipinski definition) is 1. The van der Waals surface area contributed by atoms with E-state index in [1.54, 1.807) is 19.1 Å². The van der Waals surface area contributed by atoms with Crippen molar-refractivity contribution in [3.63, 3.8) is 0 Å². The number of benzene rings is 3. The van der Waals surface area contributed by atoms with Crippen molar-refractivity contribution >= 4 is 12.2 Å². The summed E-state index contributed by atoms with van der Waals surface area (Å²) in [6.45, 7) is 4.38. The molecular weight excluding hydrogens is 402 g/mol. The molecule has 0 N–H and O–H groups in total. The molecule has 3 aromatic carbocycles. The molecule has 0 amide bonds. The molecular formula is C29H30F2O. The van der Waals surface area contributed by atoms with Crippen molar-refractivity contribution in [2.24, 2.45) is 5.92 Å². The summed E-state index contributed by atoms with van der Waals surface area (Å²) in [6.07, 6.45) is 8.61. The first-order valence-corrected chi connectivity index (χ1v) is 11.5. The van der Waals surface area contributed by atoms with Crippen molar-refractivity contribution < 1.29 is 13.5 Å². The fraction of sp³-hybridized carbons (Fsp3) is 0.310. The van der Waals surface area contributed by atoms with Gasteiger partial charge < -0.3 is 4.74 Å². The molecule has 0 heterocycles. The lowest BCUT2D eigenvalue weighted by Crippen LogP contribution is -2.10. The molecule has 3 heteroatoms. The van der Waals surface area contributed by atoms with E-state index in [-0.39, 0.29) is 11.3 Å².